The Morgan fingerprint density at radius 1 is 1.29 bits per heavy atom. The summed E-state index contributed by atoms with van der Waals surface area (Å²) in [6.07, 6.45) is 0. The van der Waals surface area contributed by atoms with Gasteiger partial charge in [-0.05, 0) is 24.3 Å². The third kappa shape index (κ3) is 3.46. The van der Waals surface area contributed by atoms with Crippen molar-refractivity contribution in [2.75, 3.05) is 4.72 Å². The molecule has 0 unspecified atom stereocenters. The Bertz CT molecular complexity index is 820. The predicted molar refractivity (Wildman–Crippen MR) is 78.5 cm³/mol. The van der Waals surface area contributed by atoms with Crippen molar-refractivity contribution in [1.29, 1.82) is 0 Å². The molecule has 5 nitrogen and oxygen atoms in total. The molecule has 0 saturated heterocycles. The summed E-state index contributed by atoms with van der Waals surface area (Å²) in [6, 6.07) is 3.99. The molecule has 2 rings (SSSR count). The average molecular weight is 370 g/mol. The van der Waals surface area contributed by atoms with Gasteiger partial charge in [0.15, 0.2) is 0 Å². The minimum absolute atomic E-state index is 0.0342. The standard InChI is InChI=1S/C11H6Cl2FNO4S2/c12-9-4-8(10(13)20-9)21(18,19)15-5-1-2-7(14)6(3-5)11(16)17/h1-4,15H,(H,16,17). The van der Waals surface area contributed by atoms with E-state index in [-0.39, 0.29) is 19.3 Å². The van der Waals surface area contributed by atoms with E-state index in [4.69, 9.17) is 28.3 Å². The lowest BCUT2D eigenvalue weighted by Crippen LogP contribution is -2.13. The Balaban J connectivity index is 2.40. The van der Waals surface area contributed by atoms with Crippen LogP contribution in [0.2, 0.25) is 8.67 Å². The number of carboxylic acids is 1. The summed E-state index contributed by atoms with van der Waals surface area (Å²) in [6.45, 7) is 0. The van der Waals surface area contributed by atoms with Crippen molar-refractivity contribution in [2.45, 2.75) is 4.90 Å². The lowest BCUT2D eigenvalue weighted by molar-refractivity contribution is 0.0692. The molecule has 10 heteroatoms. The van der Waals surface area contributed by atoms with Crippen LogP contribution in [0.5, 0.6) is 0 Å². The van der Waals surface area contributed by atoms with Gasteiger partial charge in [0.2, 0.25) is 0 Å². The molecule has 0 aliphatic heterocycles. The molecule has 112 valence electrons. The first-order valence-corrected chi connectivity index (χ1v) is 8.27. The number of carboxylic acid groups (broad SMARTS) is 1. The maximum Gasteiger partial charge on any atom is 0.338 e. The summed E-state index contributed by atoms with van der Waals surface area (Å²) >= 11 is 12.3. The molecule has 1 aromatic carbocycles. The van der Waals surface area contributed by atoms with E-state index in [0.29, 0.717) is 0 Å². The summed E-state index contributed by atoms with van der Waals surface area (Å²) in [5, 5.41) is 8.80. The first-order valence-electron chi connectivity index (χ1n) is 5.21. The maximum absolute atomic E-state index is 13.2. The number of thiophene rings is 1. The highest BCUT2D eigenvalue weighted by molar-refractivity contribution is 7.93. The molecule has 21 heavy (non-hydrogen) atoms. The molecule has 0 fully saturated rings. The van der Waals surface area contributed by atoms with Crippen LogP contribution in [-0.4, -0.2) is 19.5 Å². The molecule has 0 aliphatic rings. The number of carbonyl (C=O) groups is 1. The van der Waals surface area contributed by atoms with Gasteiger partial charge in [-0.2, -0.15) is 0 Å². The Labute approximate surface area is 133 Å². The topological polar surface area (TPSA) is 83.5 Å². The number of halogens is 3. The second-order valence-electron chi connectivity index (χ2n) is 3.79. The molecule has 1 heterocycles. The monoisotopic (exact) mass is 369 g/mol. The van der Waals surface area contributed by atoms with Crippen molar-refractivity contribution in [3.8, 4) is 0 Å². The van der Waals surface area contributed by atoms with E-state index in [9.17, 15) is 17.6 Å². The second kappa shape index (κ2) is 5.80. The predicted octanol–water partition coefficient (Wildman–Crippen LogP) is 3.69. The van der Waals surface area contributed by atoms with Crippen molar-refractivity contribution in [2.24, 2.45) is 0 Å². The first-order chi connectivity index (χ1) is 9.70. The van der Waals surface area contributed by atoms with Crippen molar-refractivity contribution >= 4 is 56.2 Å². The highest BCUT2D eigenvalue weighted by atomic mass is 35.5. The van der Waals surface area contributed by atoms with E-state index in [2.05, 4.69) is 4.72 Å². The van der Waals surface area contributed by atoms with Gasteiger partial charge < -0.3 is 5.11 Å². The number of nitrogens with one attached hydrogen (secondary N) is 1. The van der Waals surface area contributed by atoms with Crippen LogP contribution in [0.1, 0.15) is 10.4 Å². The minimum atomic E-state index is -4.05. The summed E-state index contributed by atoms with van der Waals surface area (Å²) in [5.41, 5.74) is -0.753. The number of hydrogen-bond donors (Lipinski definition) is 2. The Morgan fingerprint density at radius 2 is 1.95 bits per heavy atom. The van der Waals surface area contributed by atoms with Crippen LogP contribution >= 0.6 is 34.5 Å². The minimum Gasteiger partial charge on any atom is -0.478 e. The number of rotatable bonds is 4. The van der Waals surface area contributed by atoms with Gasteiger partial charge in [0.05, 0.1) is 9.90 Å². The van der Waals surface area contributed by atoms with E-state index in [1.807, 2.05) is 0 Å². The van der Waals surface area contributed by atoms with E-state index in [1.54, 1.807) is 0 Å². The van der Waals surface area contributed by atoms with E-state index in [1.165, 1.54) is 6.07 Å². The summed E-state index contributed by atoms with van der Waals surface area (Å²) in [7, 11) is -4.05. The molecular formula is C11H6Cl2FNO4S2. The second-order valence-corrected chi connectivity index (χ2v) is 7.73. The molecule has 0 radical (unpaired) electrons. The van der Waals surface area contributed by atoms with Crippen LogP contribution in [0, 0.1) is 5.82 Å². The van der Waals surface area contributed by atoms with Crippen LogP contribution < -0.4 is 4.72 Å². The number of anilines is 1. The van der Waals surface area contributed by atoms with E-state index < -0.39 is 27.4 Å². The molecule has 1 aromatic heterocycles. The normalized spacial score (nSPS) is 11.4. The van der Waals surface area contributed by atoms with Crippen LogP contribution in [0.3, 0.4) is 0 Å². The van der Waals surface area contributed by atoms with Gasteiger partial charge in [-0.1, -0.05) is 23.2 Å². The fourth-order valence-corrected chi connectivity index (χ4v) is 4.67. The maximum atomic E-state index is 13.2. The highest BCUT2D eigenvalue weighted by Crippen LogP contribution is 2.35. The summed E-state index contributed by atoms with van der Waals surface area (Å²) in [5.74, 6) is -2.48. The van der Waals surface area contributed by atoms with Gasteiger partial charge in [0.25, 0.3) is 10.0 Å². The van der Waals surface area contributed by atoms with Gasteiger partial charge in [-0.15, -0.1) is 11.3 Å². The van der Waals surface area contributed by atoms with Gasteiger partial charge in [-0.3, -0.25) is 4.72 Å². The van der Waals surface area contributed by atoms with Crippen LogP contribution in [0.25, 0.3) is 0 Å². The number of aromatic carboxylic acids is 1. The first kappa shape index (κ1) is 16.0. The Hall–Kier alpha value is -1.35. The molecule has 2 aromatic rings. The molecular weight excluding hydrogens is 364 g/mol. The van der Waals surface area contributed by atoms with Crippen molar-refractivity contribution in [3.63, 3.8) is 0 Å². The zero-order chi connectivity index (χ0) is 15.8. The summed E-state index contributed by atoms with van der Waals surface area (Å²) in [4.78, 5) is 10.6. The number of hydrogen-bond acceptors (Lipinski definition) is 4. The molecule has 2 N–H and O–H groups in total. The molecule has 0 amide bonds. The van der Waals surface area contributed by atoms with Crippen LogP contribution in [0.15, 0.2) is 29.2 Å². The lowest BCUT2D eigenvalue weighted by Gasteiger charge is -2.08. The number of benzene rings is 1. The quantitative estimate of drug-likeness (QED) is 0.860. The van der Waals surface area contributed by atoms with Crippen LogP contribution in [-0.2, 0) is 10.0 Å². The zero-order valence-corrected chi connectivity index (χ0v) is 13.1. The average Bonchev–Trinajstić information content (AvgIpc) is 2.71. The van der Waals surface area contributed by atoms with E-state index in [0.717, 1.165) is 29.5 Å². The SMILES string of the molecule is O=C(O)c1cc(NS(=O)(=O)c2cc(Cl)sc2Cl)ccc1F. The lowest BCUT2D eigenvalue weighted by atomic mass is 10.2. The molecule has 0 bridgehead atoms. The fourth-order valence-electron chi connectivity index (χ4n) is 1.47. The third-order valence-electron chi connectivity index (χ3n) is 2.36. The largest absolute Gasteiger partial charge is 0.478 e. The Morgan fingerprint density at radius 3 is 2.48 bits per heavy atom. The van der Waals surface area contributed by atoms with Gasteiger partial charge >= 0.3 is 5.97 Å². The zero-order valence-electron chi connectivity index (χ0n) is 9.93. The van der Waals surface area contributed by atoms with E-state index >= 15 is 0 Å². The van der Waals surface area contributed by atoms with Crippen molar-refractivity contribution in [1.82, 2.24) is 0 Å². The number of sulfonamides is 1. The van der Waals surface area contributed by atoms with Gasteiger partial charge in [0, 0.05) is 5.69 Å². The van der Waals surface area contributed by atoms with Crippen molar-refractivity contribution < 1.29 is 22.7 Å². The fraction of sp³-hybridized carbons (Fsp3) is 0. The molecule has 0 aliphatic carbocycles. The van der Waals surface area contributed by atoms with Crippen molar-refractivity contribution in [3.05, 3.63) is 44.3 Å². The van der Waals surface area contributed by atoms with Gasteiger partial charge in [-0.25, -0.2) is 17.6 Å². The highest BCUT2D eigenvalue weighted by Gasteiger charge is 2.22. The molecule has 0 saturated carbocycles. The molecule has 0 spiro atoms. The van der Waals surface area contributed by atoms with Crippen LogP contribution in [0.4, 0.5) is 10.1 Å². The Kier molecular flexibility index (Phi) is 4.43. The smallest absolute Gasteiger partial charge is 0.338 e. The summed E-state index contributed by atoms with van der Waals surface area (Å²) < 4.78 is 39.7. The molecule has 0 atom stereocenters. The van der Waals surface area contributed by atoms with Gasteiger partial charge in [0.1, 0.15) is 15.0 Å². The third-order valence-corrected chi connectivity index (χ3v) is 5.50.